The molecule has 0 amide bonds. The number of aromatic nitrogens is 3. The quantitative estimate of drug-likeness (QED) is 0.514. The third-order valence-corrected chi connectivity index (χ3v) is 5.64. The average Bonchev–Trinajstić information content (AvgIpc) is 3.22. The molecule has 0 unspecified atom stereocenters. The number of hydrogen-bond donors (Lipinski definition) is 0. The average molecular weight is 406 g/mol. The Kier molecular flexibility index (Phi) is 4.96. The number of benzene rings is 2. The molecule has 0 fully saturated rings. The van der Waals surface area contributed by atoms with Gasteiger partial charge >= 0.3 is 0 Å². The minimum Gasteiger partial charge on any atom is -0.494 e. The van der Waals surface area contributed by atoms with Crippen LogP contribution in [0.15, 0.2) is 53.3 Å². The zero-order valence-corrected chi connectivity index (χ0v) is 17.8. The number of nitrogens with zero attached hydrogens (tertiary/aromatic N) is 3. The Morgan fingerprint density at radius 2 is 1.76 bits per heavy atom. The maximum absolute atomic E-state index is 12.8. The first-order valence-corrected chi connectivity index (χ1v) is 10.4. The lowest BCUT2D eigenvalue weighted by atomic mass is 9.87. The van der Waals surface area contributed by atoms with Crippen LogP contribution in [0, 0.1) is 0 Å². The normalized spacial score (nSPS) is 12.6. The van der Waals surface area contributed by atoms with E-state index in [9.17, 15) is 4.79 Å². The molecule has 4 aromatic rings. The van der Waals surface area contributed by atoms with Gasteiger partial charge in [-0.2, -0.15) is 9.50 Å². The maximum atomic E-state index is 12.8. The second kappa shape index (κ2) is 7.44. The molecule has 0 radical (unpaired) electrons. The van der Waals surface area contributed by atoms with Gasteiger partial charge in [0.25, 0.3) is 5.56 Å². The van der Waals surface area contributed by atoms with Crippen molar-refractivity contribution in [3.8, 4) is 17.1 Å². The highest BCUT2D eigenvalue weighted by molar-refractivity contribution is 7.15. The van der Waals surface area contributed by atoms with Gasteiger partial charge in [0, 0.05) is 5.56 Å². The van der Waals surface area contributed by atoms with Crippen molar-refractivity contribution in [3.63, 3.8) is 0 Å². The Balaban J connectivity index is 1.66. The molecule has 0 saturated carbocycles. The summed E-state index contributed by atoms with van der Waals surface area (Å²) in [5.41, 5.74) is 3.07. The van der Waals surface area contributed by atoms with Gasteiger partial charge in [0.2, 0.25) is 4.96 Å². The van der Waals surface area contributed by atoms with Gasteiger partial charge in [-0.3, -0.25) is 4.79 Å². The molecule has 0 aliphatic rings. The molecule has 0 spiro atoms. The zero-order valence-electron chi connectivity index (χ0n) is 17.0. The molecular formula is C23H23N3O2S. The molecular weight excluding hydrogens is 382 g/mol. The van der Waals surface area contributed by atoms with Crippen molar-refractivity contribution in [2.24, 2.45) is 0 Å². The zero-order chi connectivity index (χ0) is 20.6. The van der Waals surface area contributed by atoms with Crippen molar-refractivity contribution in [3.05, 3.63) is 74.5 Å². The topological polar surface area (TPSA) is 56.5 Å². The number of rotatable bonds is 4. The summed E-state index contributed by atoms with van der Waals surface area (Å²) in [6, 6.07) is 15.9. The highest BCUT2D eigenvalue weighted by Gasteiger charge is 2.14. The van der Waals surface area contributed by atoms with Gasteiger partial charge in [0.15, 0.2) is 5.82 Å². The van der Waals surface area contributed by atoms with E-state index in [4.69, 9.17) is 4.74 Å². The lowest BCUT2D eigenvalue weighted by Gasteiger charge is -2.18. The predicted molar refractivity (Wildman–Crippen MR) is 118 cm³/mol. The van der Waals surface area contributed by atoms with Crippen LogP contribution < -0.4 is 14.8 Å². The molecule has 2 heterocycles. The fourth-order valence-electron chi connectivity index (χ4n) is 3.05. The van der Waals surface area contributed by atoms with Gasteiger partial charge in [0.1, 0.15) is 5.75 Å². The van der Waals surface area contributed by atoms with Crippen LogP contribution in [0.3, 0.4) is 0 Å². The fraction of sp³-hybridized carbons (Fsp3) is 0.261. The molecule has 5 nitrogen and oxygen atoms in total. The summed E-state index contributed by atoms with van der Waals surface area (Å²) in [4.78, 5) is 17.9. The molecule has 2 aromatic carbocycles. The van der Waals surface area contributed by atoms with Crippen LogP contribution in [0.5, 0.6) is 5.75 Å². The lowest BCUT2D eigenvalue weighted by molar-refractivity contribution is 0.340. The molecule has 0 atom stereocenters. The Hall–Kier alpha value is -2.99. The van der Waals surface area contributed by atoms with Gasteiger partial charge in [-0.05, 0) is 53.8 Å². The SMILES string of the molecule is CCOc1ccc(-c2nc3s/c(=C/c4ccc(C(C)(C)C)cc4)c(=O)n3n2)cc1. The summed E-state index contributed by atoms with van der Waals surface area (Å²) in [5, 5.41) is 4.41. The van der Waals surface area contributed by atoms with Crippen LogP contribution in [0.4, 0.5) is 0 Å². The number of fused-ring (bicyclic) bond motifs is 1. The van der Waals surface area contributed by atoms with E-state index in [1.165, 1.54) is 21.4 Å². The lowest BCUT2D eigenvalue weighted by Crippen LogP contribution is -2.23. The molecule has 6 heteroatoms. The molecule has 0 N–H and O–H groups in total. The smallest absolute Gasteiger partial charge is 0.291 e. The van der Waals surface area contributed by atoms with Crippen molar-refractivity contribution in [2.75, 3.05) is 6.61 Å². The summed E-state index contributed by atoms with van der Waals surface area (Å²) < 4.78 is 7.47. The number of thiazole rings is 1. The van der Waals surface area contributed by atoms with Crippen LogP contribution in [-0.2, 0) is 5.41 Å². The molecule has 29 heavy (non-hydrogen) atoms. The largest absolute Gasteiger partial charge is 0.494 e. The van der Waals surface area contributed by atoms with Gasteiger partial charge in [-0.1, -0.05) is 56.4 Å². The summed E-state index contributed by atoms with van der Waals surface area (Å²) >= 11 is 1.35. The monoisotopic (exact) mass is 405 g/mol. The van der Waals surface area contributed by atoms with Gasteiger partial charge in [-0.25, -0.2) is 0 Å². The van der Waals surface area contributed by atoms with E-state index in [0.29, 0.717) is 21.9 Å². The number of hydrogen-bond acceptors (Lipinski definition) is 5. The first-order chi connectivity index (χ1) is 13.8. The molecule has 2 aromatic heterocycles. The Bertz CT molecular complexity index is 1250. The number of ether oxygens (including phenoxy) is 1. The van der Waals surface area contributed by atoms with Gasteiger partial charge < -0.3 is 4.74 Å². The Labute approximate surface area is 173 Å². The standard InChI is InChI=1S/C23H23N3O2S/c1-5-28-18-12-8-16(9-13-18)20-24-22-26(25-20)21(27)19(29-22)14-15-6-10-17(11-7-15)23(2,3)4/h6-14H,5H2,1-4H3/b19-14+. The van der Waals surface area contributed by atoms with Crippen molar-refractivity contribution < 1.29 is 4.74 Å². The molecule has 148 valence electrons. The van der Waals surface area contributed by atoms with Gasteiger partial charge in [-0.15, -0.1) is 5.10 Å². The summed E-state index contributed by atoms with van der Waals surface area (Å²) in [5.74, 6) is 1.34. The third kappa shape index (κ3) is 3.93. The van der Waals surface area contributed by atoms with E-state index >= 15 is 0 Å². The van der Waals surface area contributed by atoms with Crippen molar-refractivity contribution in [1.82, 2.24) is 14.6 Å². The van der Waals surface area contributed by atoms with E-state index in [-0.39, 0.29) is 11.0 Å². The maximum Gasteiger partial charge on any atom is 0.291 e. The van der Waals surface area contributed by atoms with Crippen LogP contribution in [0.1, 0.15) is 38.8 Å². The second-order valence-electron chi connectivity index (χ2n) is 7.87. The minimum atomic E-state index is -0.144. The molecule has 0 aliphatic carbocycles. The molecule has 0 aliphatic heterocycles. The predicted octanol–water partition coefficient (Wildman–Crippen LogP) is 4.06. The van der Waals surface area contributed by atoms with E-state index in [2.05, 4.69) is 43.0 Å². The van der Waals surface area contributed by atoms with E-state index in [0.717, 1.165) is 16.9 Å². The van der Waals surface area contributed by atoms with E-state index < -0.39 is 0 Å². The Morgan fingerprint density at radius 3 is 2.34 bits per heavy atom. The third-order valence-electron chi connectivity index (χ3n) is 4.68. The summed E-state index contributed by atoms with van der Waals surface area (Å²) in [6.45, 7) is 9.12. The molecule has 0 bridgehead atoms. The second-order valence-corrected chi connectivity index (χ2v) is 8.88. The first-order valence-electron chi connectivity index (χ1n) is 9.60. The van der Waals surface area contributed by atoms with E-state index in [1.54, 1.807) is 0 Å². The molecule has 0 saturated heterocycles. The minimum absolute atomic E-state index is 0.104. The summed E-state index contributed by atoms with van der Waals surface area (Å²) in [6.07, 6.45) is 1.90. The highest BCUT2D eigenvalue weighted by Crippen LogP contribution is 2.23. The van der Waals surface area contributed by atoms with Gasteiger partial charge in [0.05, 0.1) is 11.1 Å². The van der Waals surface area contributed by atoms with E-state index in [1.807, 2.05) is 49.4 Å². The summed E-state index contributed by atoms with van der Waals surface area (Å²) in [7, 11) is 0. The fourth-order valence-corrected chi connectivity index (χ4v) is 3.96. The van der Waals surface area contributed by atoms with Crippen LogP contribution >= 0.6 is 11.3 Å². The first kappa shape index (κ1) is 19.3. The van der Waals surface area contributed by atoms with Crippen molar-refractivity contribution in [2.45, 2.75) is 33.1 Å². The Morgan fingerprint density at radius 1 is 1.07 bits per heavy atom. The van der Waals surface area contributed by atoms with Crippen molar-refractivity contribution >= 4 is 22.4 Å². The van der Waals surface area contributed by atoms with Crippen LogP contribution in [0.2, 0.25) is 0 Å². The highest BCUT2D eigenvalue weighted by atomic mass is 32.1. The van der Waals surface area contributed by atoms with Crippen LogP contribution in [-0.4, -0.2) is 21.2 Å². The van der Waals surface area contributed by atoms with Crippen LogP contribution in [0.25, 0.3) is 22.4 Å². The van der Waals surface area contributed by atoms with Crippen molar-refractivity contribution in [1.29, 1.82) is 0 Å². The molecule has 4 rings (SSSR count).